The highest BCUT2D eigenvalue weighted by Gasteiger charge is 2.28. The molecule has 4 rings (SSSR count). The number of ether oxygens (including phenoxy) is 2. The Morgan fingerprint density at radius 3 is 2.78 bits per heavy atom. The van der Waals surface area contributed by atoms with Crippen LogP contribution in [0, 0.1) is 5.92 Å². The van der Waals surface area contributed by atoms with Crippen LogP contribution in [0.2, 0.25) is 5.02 Å². The highest BCUT2D eigenvalue weighted by molar-refractivity contribution is 6.32. The van der Waals surface area contributed by atoms with Crippen LogP contribution in [-0.4, -0.2) is 25.3 Å². The van der Waals surface area contributed by atoms with Crippen molar-refractivity contribution in [1.82, 2.24) is 0 Å². The minimum absolute atomic E-state index is 0.0735. The molecular weight excluding hydrogens is 358 g/mol. The van der Waals surface area contributed by atoms with Gasteiger partial charge in [-0.05, 0) is 39.3 Å². The Morgan fingerprint density at radius 1 is 1.19 bits per heavy atom. The molecule has 0 radical (unpaired) electrons. The second kappa shape index (κ2) is 7.03. The van der Waals surface area contributed by atoms with Gasteiger partial charge in [0.2, 0.25) is 0 Å². The maximum atomic E-state index is 6.38. The van der Waals surface area contributed by atoms with Crippen molar-refractivity contribution in [2.75, 3.05) is 24.6 Å². The molecule has 144 valence electrons. The number of hydrogen-bond acceptors (Lipinski definition) is 3. The maximum absolute atomic E-state index is 6.38. The van der Waals surface area contributed by atoms with Crippen molar-refractivity contribution in [1.29, 1.82) is 0 Å². The van der Waals surface area contributed by atoms with E-state index in [-0.39, 0.29) is 11.5 Å². The lowest BCUT2D eigenvalue weighted by atomic mass is 9.89. The standard InChI is InChI=1S/C23H28ClNO2/c1-15-18-9-8-17(25-11-10-16(13-25)14-26-23(2,3)4)12-21(18)27-22-19(15)6-5-7-20(22)24/h5-9,12,15-16H,10-11,13-14H2,1-4H3. The van der Waals surface area contributed by atoms with Gasteiger partial charge in [-0.15, -0.1) is 0 Å². The van der Waals surface area contributed by atoms with Crippen LogP contribution in [0.5, 0.6) is 11.5 Å². The highest BCUT2D eigenvalue weighted by atomic mass is 35.5. The van der Waals surface area contributed by atoms with Gasteiger partial charge in [-0.25, -0.2) is 0 Å². The first-order valence-corrected chi connectivity index (χ1v) is 10.2. The van der Waals surface area contributed by atoms with E-state index in [2.05, 4.69) is 56.9 Å². The zero-order chi connectivity index (χ0) is 19.2. The number of para-hydroxylation sites is 1. The summed E-state index contributed by atoms with van der Waals surface area (Å²) >= 11 is 6.38. The van der Waals surface area contributed by atoms with Gasteiger partial charge in [-0.1, -0.05) is 36.7 Å². The third-order valence-corrected chi connectivity index (χ3v) is 5.84. The zero-order valence-corrected chi connectivity index (χ0v) is 17.3. The van der Waals surface area contributed by atoms with Crippen molar-refractivity contribution in [2.24, 2.45) is 5.92 Å². The second-order valence-corrected chi connectivity index (χ2v) is 9.14. The largest absolute Gasteiger partial charge is 0.455 e. The molecule has 0 amide bonds. The normalized spacial score (nSPS) is 21.6. The molecule has 2 unspecified atom stereocenters. The van der Waals surface area contributed by atoms with Gasteiger partial charge in [0.15, 0.2) is 0 Å². The fraction of sp³-hybridized carbons (Fsp3) is 0.478. The van der Waals surface area contributed by atoms with Gasteiger partial charge in [0.05, 0.1) is 17.2 Å². The molecule has 1 fully saturated rings. The molecule has 0 aromatic heterocycles. The topological polar surface area (TPSA) is 21.7 Å². The van der Waals surface area contributed by atoms with E-state index < -0.39 is 0 Å². The van der Waals surface area contributed by atoms with E-state index >= 15 is 0 Å². The Morgan fingerprint density at radius 2 is 2.00 bits per heavy atom. The SMILES string of the molecule is CC1c2ccc(N3CCC(COC(C)(C)C)C3)cc2Oc2c(Cl)cccc21. The van der Waals surface area contributed by atoms with Gasteiger partial charge in [0.25, 0.3) is 0 Å². The summed E-state index contributed by atoms with van der Waals surface area (Å²) in [7, 11) is 0. The molecule has 2 aromatic rings. The molecule has 0 saturated carbocycles. The molecule has 4 heteroatoms. The average Bonchev–Trinajstić information content (AvgIpc) is 3.09. The first-order valence-electron chi connectivity index (χ1n) is 9.81. The molecule has 0 N–H and O–H groups in total. The van der Waals surface area contributed by atoms with Crippen LogP contribution in [0.4, 0.5) is 5.69 Å². The van der Waals surface area contributed by atoms with Gasteiger partial charge < -0.3 is 14.4 Å². The molecule has 2 heterocycles. The van der Waals surface area contributed by atoms with Crippen LogP contribution < -0.4 is 9.64 Å². The van der Waals surface area contributed by atoms with E-state index in [9.17, 15) is 0 Å². The molecule has 2 aliphatic heterocycles. The lowest BCUT2D eigenvalue weighted by molar-refractivity contribution is -0.0189. The maximum Gasteiger partial charge on any atom is 0.149 e. The molecule has 2 aliphatic rings. The number of fused-ring (bicyclic) bond motifs is 2. The Hall–Kier alpha value is -1.71. The number of rotatable bonds is 3. The Bertz CT molecular complexity index is 843. The zero-order valence-electron chi connectivity index (χ0n) is 16.6. The molecule has 0 bridgehead atoms. The lowest BCUT2D eigenvalue weighted by Gasteiger charge is -2.28. The molecule has 3 nitrogen and oxygen atoms in total. The Kier molecular flexibility index (Phi) is 4.85. The van der Waals surface area contributed by atoms with Gasteiger partial charge in [0.1, 0.15) is 11.5 Å². The lowest BCUT2D eigenvalue weighted by Crippen LogP contribution is -2.26. The van der Waals surface area contributed by atoms with Crippen molar-refractivity contribution in [3.8, 4) is 11.5 Å². The van der Waals surface area contributed by atoms with Crippen LogP contribution in [0.3, 0.4) is 0 Å². The molecule has 2 aromatic carbocycles. The van der Waals surface area contributed by atoms with Crippen molar-refractivity contribution in [2.45, 2.75) is 45.6 Å². The van der Waals surface area contributed by atoms with E-state index in [1.165, 1.54) is 17.7 Å². The summed E-state index contributed by atoms with van der Waals surface area (Å²) in [4.78, 5) is 2.44. The number of nitrogens with zero attached hydrogens (tertiary/aromatic N) is 1. The first-order chi connectivity index (χ1) is 12.8. The quantitative estimate of drug-likeness (QED) is 0.624. The summed E-state index contributed by atoms with van der Waals surface area (Å²) in [5, 5.41) is 0.677. The first kappa shape index (κ1) is 18.6. The number of benzene rings is 2. The number of halogens is 1. The summed E-state index contributed by atoms with van der Waals surface area (Å²) in [5.74, 6) is 2.59. The Labute approximate surface area is 167 Å². The van der Waals surface area contributed by atoms with Crippen molar-refractivity contribution >= 4 is 17.3 Å². The molecule has 1 saturated heterocycles. The minimum atomic E-state index is -0.0735. The minimum Gasteiger partial charge on any atom is -0.455 e. The van der Waals surface area contributed by atoms with E-state index in [4.69, 9.17) is 21.1 Å². The molecule has 0 spiro atoms. The molecule has 0 aliphatic carbocycles. The Balaban J connectivity index is 1.52. The monoisotopic (exact) mass is 385 g/mol. The third-order valence-electron chi connectivity index (χ3n) is 5.54. The van der Waals surface area contributed by atoms with E-state index in [1.807, 2.05) is 12.1 Å². The van der Waals surface area contributed by atoms with E-state index in [1.54, 1.807) is 0 Å². The van der Waals surface area contributed by atoms with Crippen molar-refractivity contribution in [3.63, 3.8) is 0 Å². The molecule has 2 atom stereocenters. The molecular formula is C23H28ClNO2. The number of anilines is 1. The summed E-state index contributed by atoms with van der Waals surface area (Å²) < 4.78 is 12.2. The second-order valence-electron chi connectivity index (χ2n) is 8.73. The fourth-order valence-electron chi connectivity index (χ4n) is 3.99. The van der Waals surface area contributed by atoms with E-state index in [0.29, 0.717) is 10.9 Å². The third kappa shape index (κ3) is 3.81. The van der Waals surface area contributed by atoms with Gasteiger partial charge >= 0.3 is 0 Å². The highest BCUT2D eigenvalue weighted by Crippen LogP contribution is 2.48. The molecule has 27 heavy (non-hydrogen) atoms. The predicted octanol–water partition coefficient (Wildman–Crippen LogP) is 6.24. The van der Waals surface area contributed by atoms with Crippen LogP contribution >= 0.6 is 11.6 Å². The summed E-state index contributed by atoms with van der Waals surface area (Å²) in [5.41, 5.74) is 3.52. The summed E-state index contributed by atoms with van der Waals surface area (Å²) in [6.45, 7) is 11.5. The van der Waals surface area contributed by atoms with E-state index in [0.717, 1.165) is 36.8 Å². The van der Waals surface area contributed by atoms with Crippen LogP contribution in [0.15, 0.2) is 36.4 Å². The summed E-state index contributed by atoms with van der Waals surface area (Å²) in [6.07, 6.45) is 1.17. The van der Waals surface area contributed by atoms with Gasteiger partial charge in [-0.3, -0.25) is 0 Å². The number of hydrogen-bond donors (Lipinski definition) is 0. The fourth-order valence-corrected chi connectivity index (χ4v) is 4.21. The predicted molar refractivity (Wildman–Crippen MR) is 112 cm³/mol. The summed E-state index contributed by atoms with van der Waals surface area (Å²) in [6, 6.07) is 12.6. The van der Waals surface area contributed by atoms with Gasteiger partial charge in [0, 0.05) is 47.8 Å². The average molecular weight is 386 g/mol. The van der Waals surface area contributed by atoms with Crippen LogP contribution in [-0.2, 0) is 4.74 Å². The van der Waals surface area contributed by atoms with Crippen molar-refractivity contribution < 1.29 is 9.47 Å². The van der Waals surface area contributed by atoms with Crippen molar-refractivity contribution in [3.05, 3.63) is 52.5 Å². The smallest absolute Gasteiger partial charge is 0.149 e. The van der Waals surface area contributed by atoms with Gasteiger partial charge in [-0.2, -0.15) is 0 Å². The van der Waals surface area contributed by atoms with Crippen LogP contribution in [0.1, 0.15) is 51.2 Å². The van der Waals surface area contributed by atoms with Crippen LogP contribution in [0.25, 0.3) is 0 Å².